The van der Waals surface area contributed by atoms with E-state index in [1.54, 1.807) is 11.0 Å². The van der Waals surface area contributed by atoms with Crippen LogP contribution in [0, 0.1) is 5.92 Å². The number of rotatable bonds is 2. The van der Waals surface area contributed by atoms with Crippen molar-refractivity contribution in [3.63, 3.8) is 0 Å². The number of alkyl halides is 4. The van der Waals surface area contributed by atoms with E-state index in [-0.39, 0.29) is 13.0 Å². The highest BCUT2D eigenvalue weighted by atomic mass is 79.9. The van der Waals surface area contributed by atoms with Crippen molar-refractivity contribution >= 4 is 33.2 Å². The summed E-state index contributed by atoms with van der Waals surface area (Å²) in [6.07, 6.45) is -3.34. The molecule has 1 saturated heterocycles. The standard InChI is InChI=1S/C13H14BrClF3N/c14-7-9-3-4-11(6-12(9)15)19-5-1-2-10(8-19)13(16,17)18/h3-4,6,10H,1-2,5,7-8H2. The highest BCUT2D eigenvalue weighted by molar-refractivity contribution is 9.08. The highest BCUT2D eigenvalue weighted by Crippen LogP contribution is 2.35. The van der Waals surface area contributed by atoms with Crippen molar-refractivity contribution < 1.29 is 13.2 Å². The first kappa shape index (κ1) is 15.0. The van der Waals surface area contributed by atoms with E-state index in [0.29, 0.717) is 23.3 Å². The van der Waals surface area contributed by atoms with Gasteiger partial charge in [0.1, 0.15) is 0 Å². The summed E-state index contributed by atoms with van der Waals surface area (Å²) < 4.78 is 38.3. The second-order valence-electron chi connectivity index (χ2n) is 4.74. The second kappa shape index (κ2) is 5.92. The number of piperidine rings is 1. The molecule has 1 nitrogen and oxygen atoms in total. The zero-order chi connectivity index (χ0) is 14.0. The van der Waals surface area contributed by atoms with Crippen LogP contribution in [-0.2, 0) is 5.33 Å². The zero-order valence-electron chi connectivity index (χ0n) is 10.2. The summed E-state index contributed by atoms with van der Waals surface area (Å²) >= 11 is 9.41. The Morgan fingerprint density at radius 2 is 2.11 bits per heavy atom. The van der Waals surface area contributed by atoms with Gasteiger partial charge < -0.3 is 4.90 Å². The lowest BCUT2D eigenvalue weighted by atomic mass is 9.97. The topological polar surface area (TPSA) is 3.24 Å². The van der Waals surface area contributed by atoms with Gasteiger partial charge >= 0.3 is 6.18 Å². The summed E-state index contributed by atoms with van der Waals surface area (Å²) in [6.45, 7) is 0.671. The van der Waals surface area contributed by atoms with Gasteiger partial charge in [-0.15, -0.1) is 0 Å². The second-order valence-corrected chi connectivity index (χ2v) is 5.70. The Balaban J connectivity index is 2.15. The van der Waals surface area contributed by atoms with Crippen molar-refractivity contribution in [1.82, 2.24) is 0 Å². The molecule has 1 aliphatic heterocycles. The molecule has 6 heteroatoms. The van der Waals surface area contributed by atoms with E-state index in [1.807, 2.05) is 12.1 Å². The molecule has 0 spiro atoms. The summed E-state index contributed by atoms with van der Waals surface area (Å²) in [5.74, 6) is -1.24. The Labute approximate surface area is 123 Å². The minimum absolute atomic E-state index is 0.0213. The Morgan fingerprint density at radius 1 is 1.37 bits per heavy atom. The van der Waals surface area contributed by atoms with Crippen molar-refractivity contribution in [3.05, 3.63) is 28.8 Å². The van der Waals surface area contributed by atoms with E-state index in [2.05, 4.69) is 15.9 Å². The molecule has 1 heterocycles. The molecule has 1 atom stereocenters. The smallest absolute Gasteiger partial charge is 0.371 e. The SMILES string of the molecule is FC(F)(F)C1CCCN(c2ccc(CBr)c(Cl)c2)C1. The van der Waals surface area contributed by atoms with Crippen LogP contribution in [0.15, 0.2) is 18.2 Å². The molecule has 1 aromatic rings. The Kier molecular flexibility index (Phi) is 4.66. The number of anilines is 1. The largest absolute Gasteiger partial charge is 0.393 e. The Morgan fingerprint density at radius 3 is 2.68 bits per heavy atom. The number of nitrogens with zero attached hydrogens (tertiary/aromatic N) is 1. The minimum atomic E-state index is -4.11. The van der Waals surface area contributed by atoms with E-state index < -0.39 is 12.1 Å². The van der Waals surface area contributed by atoms with Crippen molar-refractivity contribution in [3.8, 4) is 0 Å². The number of hydrogen-bond donors (Lipinski definition) is 0. The van der Waals surface area contributed by atoms with E-state index >= 15 is 0 Å². The third-order valence-corrected chi connectivity index (χ3v) is 4.39. The normalized spacial score (nSPS) is 20.7. The summed E-state index contributed by atoms with van der Waals surface area (Å²) in [4.78, 5) is 1.77. The summed E-state index contributed by atoms with van der Waals surface area (Å²) in [7, 11) is 0. The highest BCUT2D eigenvalue weighted by Gasteiger charge is 2.41. The van der Waals surface area contributed by atoms with Gasteiger partial charge in [0.05, 0.1) is 5.92 Å². The fraction of sp³-hybridized carbons (Fsp3) is 0.538. The van der Waals surface area contributed by atoms with Gasteiger partial charge in [0.15, 0.2) is 0 Å². The molecule has 106 valence electrons. The fourth-order valence-corrected chi connectivity index (χ4v) is 3.21. The Bertz CT molecular complexity index is 450. The average molecular weight is 357 g/mol. The van der Waals surface area contributed by atoms with Gasteiger partial charge in [0.2, 0.25) is 0 Å². The van der Waals surface area contributed by atoms with Crippen LogP contribution in [0.5, 0.6) is 0 Å². The van der Waals surface area contributed by atoms with Crippen LogP contribution in [0.3, 0.4) is 0 Å². The van der Waals surface area contributed by atoms with Gasteiger partial charge in [-0.05, 0) is 30.5 Å². The molecule has 0 radical (unpaired) electrons. The number of halogens is 5. The first-order valence-electron chi connectivity index (χ1n) is 6.08. The maximum Gasteiger partial charge on any atom is 0.393 e. The molecular formula is C13H14BrClF3N. The molecular weight excluding hydrogens is 343 g/mol. The van der Waals surface area contributed by atoms with Gasteiger partial charge in [0.25, 0.3) is 0 Å². The zero-order valence-corrected chi connectivity index (χ0v) is 12.5. The molecule has 0 amide bonds. The van der Waals surface area contributed by atoms with Crippen LogP contribution in [0.25, 0.3) is 0 Å². The van der Waals surface area contributed by atoms with E-state index in [4.69, 9.17) is 11.6 Å². The maximum absolute atomic E-state index is 12.8. The lowest BCUT2D eigenvalue weighted by molar-refractivity contribution is -0.175. The predicted molar refractivity (Wildman–Crippen MR) is 75.1 cm³/mol. The summed E-state index contributed by atoms with van der Waals surface area (Å²) in [5.41, 5.74) is 1.71. The lowest BCUT2D eigenvalue weighted by Gasteiger charge is -2.35. The van der Waals surface area contributed by atoms with Crippen molar-refractivity contribution in [2.24, 2.45) is 5.92 Å². The first-order chi connectivity index (χ1) is 8.91. The molecule has 0 bridgehead atoms. The molecule has 1 aromatic carbocycles. The van der Waals surface area contributed by atoms with E-state index in [9.17, 15) is 13.2 Å². The quantitative estimate of drug-likeness (QED) is 0.673. The van der Waals surface area contributed by atoms with Gasteiger partial charge in [-0.3, -0.25) is 0 Å². The predicted octanol–water partition coefficient (Wildman–Crippen LogP) is 5.01. The fourth-order valence-electron chi connectivity index (χ4n) is 2.32. The van der Waals surface area contributed by atoms with Crippen molar-refractivity contribution in [2.75, 3.05) is 18.0 Å². The molecule has 1 fully saturated rings. The molecule has 1 aliphatic rings. The lowest BCUT2D eigenvalue weighted by Crippen LogP contribution is -2.41. The number of benzene rings is 1. The third-order valence-electron chi connectivity index (χ3n) is 3.43. The molecule has 0 saturated carbocycles. The minimum Gasteiger partial charge on any atom is -0.371 e. The van der Waals surface area contributed by atoms with E-state index in [0.717, 1.165) is 11.3 Å². The monoisotopic (exact) mass is 355 g/mol. The summed E-state index contributed by atoms with van der Waals surface area (Å²) in [6, 6.07) is 5.43. The summed E-state index contributed by atoms with van der Waals surface area (Å²) in [5, 5.41) is 1.22. The van der Waals surface area contributed by atoms with Crippen molar-refractivity contribution in [1.29, 1.82) is 0 Å². The molecule has 0 aromatic heterocycles. The first-order valence-corrected chi connectivity index (χ1v) is 7.58. The maximum atomic E-state index is 12.8. The molecule has 2 rings (SSSR count). The molecule has 19 heavy (non-hydrogen) atoms. The van der Waals surface area contributed by atoms with Gasteiger partial charge in [-0.1, -0.05) is 33.6 Å². The molecule has 0 aliphatic carbocycles. The average Bonchev–Trinajstić information content (AvgIpc) is 2.38. The third kappa shape index (κ3) is 3.57. The number of hydrogen-bond acceptors (Lipinski definition) is 1. The van der Waals surface area contributed by atoms with Crippen LogP contribution in [0.2, 0.25) is 5.02 Å². The van der Waals surface area contributed by atoms with Crippen LogP contribution < -0.4 is 4.90 Å². The van der Waals surface area contributed by atoms with Gasteiger partial charge in [-0.25, -0.2) is 0 Å². The van der Waals surface area contributed by atoms with Crippen LogP contribution in [-0.4, -0.2) is 19.3 Å². The van der Waals surface area contributed by atoms with Gasteiger partial charge in [0, 0.05) is 29.1 Å². The van der Waals surface area contributed by atoms with Crippen molar-refractivity contribution in [2.45, 2.75) is 24.3 Å². The van der Waals surface area contributed by atoms with E-state index in [1.165, 1.54) is 0 Å². The molecule has 1 unspecified atom stereocenters. The van der Waals surface area contributed by atoms with Crippen LogP contribution >= 0.6 is 27.5 Å². The van der Waals surface area contributed by atoms with Gasteiger partial charge in [-0.2, -0.15) is 13.2 Å². The van der Waals surface area contributed by atoms with Crippen LogP contribution in [0.1, 0.15) is 18.4 Å². The van der Waals surface area contributed by atoms with Crippen LogP contribution in [0.4, 0.5) is 18.9 Å². The molecule has 0 N–H and O–H groups in total. The Hall–Kier alpha value is -0.420.